The summed E-state index contributed by atoms with van der Waals surface area (Å²) >= 11 is 5.91. The number of nitrogens with one attached hydrogen (secondary N) is 2. The molecule has 0 bridgehead atoms. The first kappa shape index (κ1) is 18.8. The van der Waals surface area contributed by atoms with E-state index in [-0.39, 0.29) is 11.6 Å². The van der Waals surface area contributed by atoms with Crippen LogP contribution in [0.4, 0.5) is 4.39 Å². The van der Waals surface area contributed by atoms with Crippen LogP contribution in [-0.4, -0.2) is 26.9 Å². The van der Waals surface area contributed by atoms with Crippen molar-refractivity contribution in [2.45, 2.75) is 30.2 Å². The number of halogens is 2. The predicted molar refractivity (Wildman–Crippen MR) is 97.2 cm³/mol. The fraction of sp³-hybridized carbons (Fsp3) is 0.278. The molecule has 2 N–H and O–H groups in total. The minimum absolute atomic E-state index is 0.0914. The molecule has 2 aromatic rings. The van der Waals surface area contributed by atoms with E-state index >= 15 is 0 Å². The molecule has 0 saturated heterocycles. The number of sulfonamides is 1. The zero-order chi connectivity index (χ0) is 18.7. The topological polar surface area (TPSA) is 75.3 Å². The smallest absolute Gasteiger partial charge is 0.251 e. The van der Waals surface area contributed by atoms with Gasteiger partial charge in [-0.15, -0.1) is 0 Å². The molecule has 138 valence electrons. The van der Waals surface area contributed by atoms with Crippen molar-refractivity contribution in [1.82, 2.24) is 10.0 Å². The molecular formula is C18H18ClFN2O3S. The molecule has 1 fully saturated rings. The Labute approximate surface area is 156 Å². The van der Waals surface area contributed by atoms with Crippen molar-refractivity contribution in [3.63, 3.8) is 0 Å². The summed E-state index contributed by atoms with van der Waals surface area (Å²) in [6, 6.07) is 10.5. The summed E-state index contributed by atoms with van der Waals surface area (Å²) in [5.74, 6) is -1.34. The molecule has 1 aliphatic carbocycles. The van der Waals surface area contributed by atoms with Gasteiger partial charge in [0.2, 0.25) is 10.0 Å². The van der Waals surface area contributed by atoms with Crippen molar-refractivity contribution in [3.05, 3.63) is 64.4 Å². The predicted octanol–water partition coefficient (Wildman–Crippen LogP) is 2.89. The van der Waals surface area contributed by atoms with Crippen LogP contribution in [-0.2, 0) is 16.4 Å². The van der Waals surface area contributed by atoms with Crippen LogP contribution in [0, 0.1) is 5.82 Å². The van der Waals surface area contributed by atoms with Gasteiger partial charge in [0.1, 0.15) is 10.7 Å². The Hall–Kier alpha value is -1.96. The van der Waals surface area contributed by atoms with E-state index in [2.05, 4.69) is 10.0 Å². The van der Waals surface area contributed by atoms with Crippen LogP contribution >= 0.6 is 11.6 Å². The minimum atomic E-state index is -3.97. The van der Waals surface area contributed by atoms with Crippen LogP contribution in [0.5, 0.6) is 0 Å². The summed E-state index contributed by atoms with van der Waals surface area (Å²) in [6.07, 6.45) is 2.05. The molecule has 1 amide bonds. The van der Waals surface area contributed by atoms with E-state index < -0.39 is 26.6 Å². The Morgan fingerprint density at radius 3 is 2.65 bits per heavy atom. The summed E-state index contributed by atoms with van der Waals surface area (Å²) in [6.45, 7) is 0.346. The second-order valence-corrected chi connectivity index (χ2v) is 8.30. The highest BCUT2D eigenvalue weighted by atomic mass is 35.5. The standard InChI is InChI=1S/C18H18ClFN2O3S/c19-14-3-1-2-12(10-14)8-9-21-18(23)13-4-7-16(20)17(11-13)26(24,25)22-15-5-6-15/h1-4,7,10-11,15,22H,5-6,8-9H2,(H,21,23). The van der Waals surface area contributed by atoms with E-state index in [1.165, 1.54) is 6.07 Å². The molecule has 5 nitrogen and oxygen atoms in total. The van der Waals surface area contributed by atoms with Crippen molar-refractivity contribution >= 4 is 27.5 Å². The lowest BCUT2D eigenvalue weighted by Gasteiger charge is -2.10. The molecule has 2 aromatic carbocycles. The van der Waals surface area contributed by atoms with E-state index in [1.54, 1.807) is 12.1 Å². The van der Waals surface area contributed by atoms with Crippen molar-refractivity contribution < 1.29 is 17.6 Å². The first-order valence-corrected chi connectivity index (χ1v) is 10.1. The van der Waals surface area contributed by atoms with Crippen molar-refractivity contribution in [2.75, 3.05) is 6.54 Å². The van der Waals surface area contributed by atoms with Gasteiger partial charge in [-0.1, -0.05) is 23.7 Å². The van der Waals surface area contributed by atoms with Gasteiger partial charge < -0.3 is 5.32 Å². The van der Waals surface area contributed by atoms with E-state index in [4.69, 9.17) is 11.6 Å². The van der Waals surface area contributed by atoms with Gasteiger partial charge in [-0.3, -0.25) is 4.79 Å². The number of hydrogen-bond donors (Lipinski definition) is 2. The van der Waals surface area contributed by atoms with E-state index in [0.717, 1.165) is 30.5 Å². The lowest BCUT2D eigenvalue weighted by Crippen LogP contribution is -2.28. The third-order valence-electron chi connectivity index (χ3n) is 3.97. The van der Waals surface area contributed by atoms with Crippen LogP contribution in [0.1, 0.15) is 28.8 Å². The number of benzene rings is 2. The van der Waals surface area contributed by atoms with Crippen molar-refractivity contribution in [2.24, 2.45) is 0 Å². The van der Waals surface area contributed by atoms with Crippen molar-refractivity contribution in [3.8, 4) is 0 Å². The SMILES string of the molecule is O=C(NCCc1cccc(Cl)c1)c1ccc(F)c(S(=O)(=O)NC2CC2)c1. The number of amides is 1. The molecule has 0 aliphatic heterocycles. The van der Waals surface area contributed by atoms with Crippen LogP contribution in [0.25, 0.3) is 0 Å². The Kier molecular flexibility index (Phi) is 5.60. The number of carbonyl (C=O) groups excluding carboxylic acids is 1. The Balaban J connectivity index is 1.66. The Morgan fingerprint density at radius 2 is 1.96 bits per heavy atom. The van der Waals surface area contributed by atoms with Crippen LogP contribution in [0.3, 0.4) is 0 Å². The molecule has 0 radical (unpaired) electrons. The minimum Gasteiger partial charge on any atom is -0.352 e. The third kappa shape index (κ3) is 4.81. The summed E-state index contributed by atoms with van der Waals surface area (Å²) in [4.78, 5) is 11.7. The lowest BCUT2D eigenvalue weighted by molar-refractivity contribution is 0.0954. The zero-order valence-corrected chi connectivity index (χ0v) is 15.4. The Morgan fingerprint density at radius 1 is 1.19 bits per heavy atom. The molecule has 26 heavy (non-hydrogen) atoms. The monoisotopic (exact) mass is 396 g/mol. The van der Waals surface area contributed by atoms with Gasteiger partial charge in [0.25, 0.3) is 5.91 Å². The van der Waals surface area contributed by atoms with Crippen LogP contribution in [0.15, 0.2) is 47.4 Å². The van der Waals surface area contributed by atoms with E-state index in [9.17, 15) is 17.6 Å². The number of carbonyl (C=O) groups is 1. The second-order valence-electron chi connectivity index (χ2n) is 6.18. The second kappa shape index (κ2) is 7.73. The largest absolute Gasteiger partial charge is 0.352 e. The summed E-state index contributed by atoms with van der Waals surface area (Å²) in [7, 11) is -3.97. The van der Waals surface area contributed by atoms with Gasteiger partial charge in [-0.05, 0) is 55.2 Å². The number of hydrogen-bond acceptors (Lipinski definition) is 3. The highest BCUT2D eigenvalue weighted by Gasteiger charge is 2.30. The fourth-order valence-corrected chi connectivity index (χ4v) is 4.07. The van der Waals surface area contributed by atoms with Gasteiger partial charge in [-0.25, -0.2) is 17.5 Å². The Bertz CT molecular complexity index is 930. The van der Waals surface area contributed by atoms with Crippen LogP contribution < -0.4 is 10.0 Å². The molecule has 8 heteroatoms. The van der Waals surface area contributed by atoms with Gasteiger partial charge in [0, 0.05) is 23.2 Å². The van der Waals surface area contributed by atoms with Crippen LogP contribution in [0.2, 0.25) is 5.02 Å². The fourth-order valence-electron chi connectivity index (χ4n) is 2.45. The molecule has 0 aromatic heterocycles. The quantitative estimate of drug-likeness (QED) is 0.755. The maximum absolute atomic E-state index is 13.9. The number of rotatable bonds is 7. The molecule has 0 atom stereocenters. The molecular weight excluding hydrogens is 379 g/mol. The molecule has 0 unspecified atom stereocenters. The van der Waals surface area contributed by atoms with Crippen molar-refractivity contribution in [1.29, 1.82) is 0 Å². The van der Waals surface area contributed by atoms with Gasteiger partial charge in [0.05, 0.1) is 0 Å². The molecule has 3 rings (SSSR count). The maximum Gasteiger partial charge on any atom is 0.251 e. The van der Waals surface area contributed by atoms with E-state index in [0.29, 0.717) is 18.0 Å². The normalized spacial score (nSPS) is 14.2. The van der Waals surface area contributed by atoms with Gasteiger partial charge in [0.15, 0.2) is 0 Å². The summed E-state index contributed by atoms with van der Waals surface area (Å²) in [5.41, 5.74) is 1.06. The molecule has 1 aliphatic rings. The summed E-state index contributed by atoms with van der Waals surface area (Å²) < 4.78 is 40.8. The lowest BCUT2D eigenvalue weighted by atomic mass is 10.1. The summed E-state index contributed by atoms with van der Waals surface area (Å²) in [5, 5.41) is 3.31. The van der Waals surface area contributed by atoms with Gasteiger partial charge >= 0.3 is 0 Å². The van der Waals surface area contributed by atoms with Gasteiger partial charge in [-0.2, -0.15) is 0 Å². The first-order valence-electron chi connectivity index (χ1n) is 8.20. The van der Waals surface area contributed by atoms with E-state index in [1.807, 2.05) is 12.1 Å². The highest BCUT2D eigenvalue weighted by Crippen LogP contribution is 2.24. The molecule has 0 spiro atoms. The average Bonchev–Trinajstić information content (AvgIpc) is 3.38. The molecule has 1 saturated carbocycles. The molecule has 0 heterocycles. The highest BCUT2D eigenvalue weighted by molar-refractivity contribution is 7.89. The third-order valence-corrected chi connectivity index (χ3v) is 5.74. The maximum atomic E-state index is 13.9. The average molecular weight is 397 g/mol. The zero-order valence-electron chi connectivity index (χ0n) is 13.8. The first-order chi connectivity index (χ1) is 12.3.